The molecule has 1 saturated carbocycles. The van der Waals surface area contributed by atoms with E-state index in [9.17, 15) is 5.11 Å². The van der Waals surface area contributed by atoms with Gasteiger partial charge in [0.15, 0.2) is 0 Å². The van der Waals surface area contributed by atoms with Crippen LogP contribution < -0.4 is 0 Å². The van der Waals surface area contributed by atoms with E-state index in [1.807, 2.05) is 6.07 Å². The summed E-state index contributed by atoms with van der Waals surface area (Å²) in [6.45, 7) is 2.20. The average Bonchev–Trinajstić information content (AvgIpc) is 2.36. The minimum atomic E-state index is -0.371. The molecule has 0 aliphatic heterocycles. The topological polar surface area (TPSA) is 20.2 Å². The monoisotopic (exact) mass is 182 g/mol. The Bertz CT molecular complexity index is 247. The largest absolute Gasteiger partial charge is 0.389 e. The van der Waals surface area contributed by atoms with Gasteiger partial charge >= 0.3 is 0 Å². The van der Waals surface area contributed by atoms with Gasteiger partial charge in [0, 0.05) is 11.3 Å². The lowest BCUT2D eigenvalue weighted by atomic mass is 9.70. The Morgan fingerprint density at radius 3 is 2.92 bits per heavy atom. The van der Waals surface area contributed by atoms with E-state index in [4.69, 9.17) is 0 Å². The number of thiophene rings is 1. The summed E-state index contributed by atoms with van der Waals surface area (Å²) in [5.41, 5.74) is -0.371. The Morgan fingerprint density at radius 1 is 1.67 bits per heavy atom. The van der Waals surface area contributed by atoms with E-state index < -0.39 is 0 Å². The quantitative estimate of drug-likeness (QED) is 0.745. The molecule has 0 radical (unpaired) electrons. The highest BCUT2D eigenvalue weighted by atomic mass is 32.1. The van der Waals surface area contributed by atoms with E-state index in [1.165, 1.54) is 4.88 Å². The van der Waals surface area contributed by atoms with E-state index in [0.29, 0.717) is 0 Å². The van der Waals surface area contributed by atoms with Gasteiger partial charge < -0.3 is 5.11 Å². The van der Waals surface area contributed by atoms with Gasteiger partial charge in [-0.3, -0.25) is 0 Å². The first-order chi connectivity index (χ1) is 5.68. The van der Waals surface area contributed by atoms with E-state index >= 15 is 0 Å². The van der Waals surface area contributed by atoms with Crippen molar-refractivity contribution in [3.63, 3.8) is 0 Å². The van der Waals surface area contributed by atoms with Crippen LogP contribution in [0.3, 0.4) is 0 Å². The van der Waals surface area contributed by atoms with Crippen LogP contribution in [0.15, 0.2) is 17.5 Å². The van der Waals surface area contributed by atoms with Crippen molar-refractivity contribution in [1.29, 1.82) is 0 Å². The Labute approximate surface area is 77.0 Å². The molecular weight excluding hydrogens is 168 g/mol. The Kier molecular flexibility index (Phi) is 1.97. The lowest BCUT2D eigenvalue weighted by molar-refractivity contribution is -0.0660. The van der Waals surface area contributed by atoms with E-state index in [-0.39, 0.29) is 5.60 Å². The molecule has 1 aromatic rings. The van der Waals surface area contributed by atoms with Crippen molar-refractivity contribution in [3.8, 4) is 0 Å². The maximum Gasteiger partial charge on any atom is 0.0701 e. The number of rotatable bonds is 2. The van der Waals surface area contributed by atoms with Gasteiger partial charge in [-0.15, -0.1) is 11.3 Å². The third-order valence-electron chi connectivity index (χ3n) is 2.54. The first kappa shape index (κ1) is 8.27. The smallest absolute Gasteiger partial charge is 0.0701 e. The molecule has 0 aromatic carbocycles. The fraction of sp³-hybridized carbons (Fsp3) is 0.600. The third-order valence-corrected chi connectivity index (χ3v) is 3.42. The van der Waals surface area contributed by atoms with Crippen molar-refractivity contribution < 1.29 is 5.11 Å². The molecule has 0 atom stereocenters. The van der Waals surface area contributed by atoms with E-state index in [2.05, 4.69) is 18.4 Å². The Morgan fingerprint density at radius 2 is 2.42 bits per heavy atom. The van der Waals surface area contributed by atoms with Gasteiger partial charge in [0.05, 0.1) is 5.60 Å². The summed E-state index contributed by atoms with van der Waals surface area (Å²) in [5.74, 6) is 0.718. The number of aliphatic hydroxyl groups is 1. The maximum absolute atomic E-state index is 9.96. The lowest BCUT2D eigenvalue weighted by Gasteiger charge is -2.41. The minimum absolute atomic E-state index is 0.371. The Hall–Kier alpha value is -0.340. The predicted octanol–water partition coefficient (Wildman–Crippen LogP) is 2.45. The molecule has 0 unspecified atom stereocenters. The average molecular weight is 182 g/mol. The molecule has 1 aliphatic carbocycles. The van der Waals surface area contributed by atoms with E-state index in [0.717, 1.165) is 25.2 Å². The fourth-order valence-electron chi connectivity index (χ4n) is 2.12. The van der Waals surface area contributed by atoms with Crippen molar-refractivity contribution in [1.82, 2.24) is 0 Å². The van der Waals surface area contributed by atoms with Crippen molar-refractivity contribution >= 4 is 11.3 Å². The van der Waals surface area contributed by atoms with Crippen molar-refractivity contribution in [2.24, 2.45) is 5.92 Å². The van der Waals surface area contributed by atoms with Gasteiger partial charge in [0.25, 0.3) is 0 Å². The Balaban J connectivity index is 1.96. The van der Waals surface area contributed by atoms with Crippen LogP contribution in [0.1, 0.15) is 24.6 Å². The van der Waals surface area contributed by atoms with Crippen molar-refractivity contribution in [3.05, 3.63) is 22.4 Å². The van der Waals surface area contributed by atoms with Gasteiger partial charge in [0.2, 0.25) is 0 Å². The molecule has 2 heteroatoms. The molecule has 1 fully saturated rings. The second-order valence-electron chi connectivity index (χ2n) is 3.99. The van der Waals surface area contributed by atoms with Crippen LogP contribution in [-0.4, -0.2) is 10.7 Å². The zero-order valence-corrected chi connectivity index (χ0v) is 8.10. The molecule has 0 spiro atoms. The maximum atomic E-state index is 9.96. The molecule has 2 rings (SSSR count). The minimum Gasteiger partial charge on any atom is -0.389 e. The molecule has 0 bridgehead atoms. The van der Waals surface area contributed by atoms with Gasteiger partial charge in [-0.1, -0.05) is 13.0 Å². The van der Waals surface area contributed by atoms with Crippen LogP contribution in [0.4, 0.5) is 0 Å². The van der Waals surface area contributed by atoms with Gasteiger partial charge in [-0.05, 0) is 30.2 Å². The molecule has 1 aliphatic rings. The molecule has 1 N–H and O–H groups in total. The van der Waals surface area contributed by atoms with Crippen LogP contribution in [0.25, 0.3) is 0 Å². The highest BCUT2D eigenvalue weighted by Crippen LogP contribution is 2.40. The predicted molar refractivity (Wildman–Crippen MR) is 51.4 cm³/mol. The highest BCUT2D eigenvalue weighted by Gasteiger charge is 2.39. The van der Waals surface area contributed by atoms with Crippen LogP contribution >= 0.6 is 11.3 Å². The molecule has 1 nitrogen and oxygen atoms in total. The summed E-state index contributed by atoms with van der Waals surface area (Å²) in [7, 11) is 0. The summed E-state index contributed by atoms with van der Waals surface area (Å²) >= 11 is 1.74. The molecule has 0 amide bonds. The van der Waals surface area contributed by atoms with Crippen molar-refractivity contribution in [2.45, 2.75) is 31.8 Å². The van der Waals surface area contributed by atoms with Crippen LogP contribution in [-0.2, 0) is 6.42 Å². The lowest BCUT2D eigenvalue weighted by Crippen LogP contribution is -2.44. The van der Waals surface area contributed by atoms with Gasteiger partial charge in [0.1, 0.15) is 0 Å². The summed E-state index contributed by atoms with van der Waals surface area (Å²) in [6.07, 6.45) is 2.81. The summed E-state index contributed by atoms with van der Waals surface area (Å²) in [6, 6.07) is 4.15. The fourth-order valence-corrected chi connectivity index (χ4v) is 2.96. The summed E-state index contributed by atoms with van der Waals surface area (Å²) in [4.78, 5) is 1.31. The number of hydrogen-bond acceptors (Lipinski definition) is 2. The second-order valence-corrected chi connectivity index (χ2v) is 5.03. The van der Waals surface area contributed by atoms with E-state index in [1.54, 1.807) is 11.3 Å². The molecule has 1 aromatic heterocycles. The molecular formula is C10H14OS. The first-order valence-corrected chi connectivity index (χ1v) is 5.31. The molecule has 66 valence electrons. The molecule has 0 saturated heterocycles. The molecule has 1 heterocycles. The zero-order chi connectivity index (χ0) is 8.60. The van der Waals surface area contributed by atoms with Crippen molar-refractivity contribution in [2.75, 3.05) is 0 Å². The molecule has 12 heavy (non-hydrogen) atoms. The van der Waals surface area contributed by atoms with Crippen LogP contribution in [0.5, 0.6) is 0 Å². The normalized spacial score (nSPS) is 34.7. The second kappa shape index (κ2) is 2.86. The summed E-state index contributed by atoms with van der Waals surface area (Å²) < 4.78 is 0. The van der Waals surface area contributed by atoms with Gasteiger partial charge in [-0.2, -0.15) is 0 Å². The number of hydrogen-bond donors (Lipinski definition) is 1. The standard InChI is InChI=1S/C10H14OS/c1-8-5-10(11,6-8)7-9-3-2-4-12-9/h2-4,8,11H,5-7H2,1H3. The third kappa shape index (κ3) is 1.54. The van der Waals surface area contributed by atoms with Gasteiger partial charge in [-0.25, -0.2) is 0 Å². The first-order valence-electron chi connectivity index (χ1n) is 4.43. The highest BCUT2D eigenvalue weighted by molar-refractivity contribution is 7.09. The van der Waals surface area contributed by atoms with Crippen LogP contribution in [0.2, 0.25) is 0 Å². The zero-order valence-electron chi connectivity index (χ0n) is 7.29. The summed E-state index contributed by atoms with van der Waals surface area (Å²) in [5, 5.41) is 12.0. The SMILES string of the molecule is CC1CC(O)(Cc2cccs2)C1. The van der Waals surface area contributed by atoms with Crippen LogP contribution in [0, 0.1) is 5.92 Å².